The minimum atomic E-state index is 0.130. The highest BCUT2D eigenvalue weighted by Gasteiger charge is 2.10. The van der Waals surface area contributed by atoms with Crippen LogP contribution in [0.5, 0.6) is 0 Å². The number of oxime groups is 1. The van der Waals surface area contributed by atoms with Gasteiger partial charge in [-0.1, -0.05) is 17.3 Å². The van der Waals surface area contributed by atoms with E-state index in [1.54, 1.807) is 11.3 Å². The molecule has 4 nitrogen and oxygen atoms in total. The fourth-order valence-electron chi connectivity index (χ4n) is 2.23. The molecule has 0 amide bonds. The van der Waals surface area contributed by atoms with Gasteiger partial charge in [0.05, 0.1) is 6.54 Å². The van der Waals surface area contributed by atoms with Gasteiger partial charge in [0, 0.05) is 32.0 Å². The summed E-state index contributed by atoms with van der Waals surface area (Å²) in [6.45, 7) is 0.793. The highest BCUT2D eigenvalue weighted by atomic mass is 79.9. The van der Waals surface area contributed by atoms with Crippen LogP contribution in [0.3, 0.4) is 0 Å². The molecular formula is C14H12BrN3OS. The van der Waals surface area contributed by atoms with Crippen molar-refractivity contribution in [1.29, 1.82) is 0 Å². The van der Waals surface area contributed by atoms with E-state index in [0.717, 1.165) is 27.5 Å². The van der Waals surface area contributed by atoms with E-state index < -0.39 is 0 Å². The average Bonchev–Trinajstić information content (AvgIpc) is 3.06. The summed E-state index contributed by atoms with van der Waals surface area (Å²) in [6, 6.07) is 9.83. The average molecular weight is 350 g/mol. The SMILES string of the molecule is N/C(=N/O)c1cccc2c1ccn2Cc1sccc1Br. The Hall–Kier alpha value is -1.79. The minimum Gasteiger partial charge on any atom is -0.409 e. The van der Waals surface area contributed by atoms with E-state index in [1.165, 1.54) is 4.88 Å². The first-order chi connectivity index (χ1) is 9.70. The number of fused-ring (bicyclic) bond motifs is 1. The molecule has 0 aliphatic rings. The van der Waals surface area contributed by atoms with Crippen LogP contribution in [-0.2, 0) is 6.54 Å². The molecule has 20 heavy (non-hydrogen) atoms. The Balaban J connectivity index is 2.08. The second-order valence-electron chi connectivity index (χ2n) is 4.36. The smallest absolute Gasteiger partial charge is 0.170 e. The summed E-state index contributed by atoms with van der Waals surface area (Å²) in [5.74, 6) is 0.130. The van der Waals surface area contributed by atoms with Crippen molar-refractivity contribution in [3.63, 3.8) is 0 Å². The maximum atomic E-state index is 8.85. The molecule has 102 valence electrons. The maximum absolute atomic E-state index is 8.85. The molecule has 0 aliphatic heterocycles. The van der Waals surface area contributed by atoms with Crippen molar-refractivity contribution < 1.29 is 5.21 Å². The van der Waals surface area contributed by atoms with E-state index in [1.807, 2.05) is 36.5 Å². The lowest BCUT2D eigenvalue weighted by Crippen LogP contribution is -2.13. The first kappa shape index (κ1) is 13.2. The van der Waals surface area contributed by atoms with E-state index in [-0.39, 0.29) is 5.84 Å². The van der Waals surface area contributed by atoms with E-state index in [2.05, 4.69) is 31.0 Å². The van der Waals surface area contributed by atoms with Crippen LogP contribution in [0.4, 0.5) is 0 Å². The Kier molecular flexibility index (Phi) is 3.50. The van der Waals surface area contributed by atoms with E-state index in [4.69, 9.17) is 10.9 Å². The standard InChI is InChI=1S/C14H12BrN3OS/c15-11-5-7-20-13(11)8-18-6-4-9-10(14(16)17-19)2-1-3-12(9)18/h1-7,19H,8H2,(H2,16,17). The molecule has 3 rings (SSSR count). The number of thiophene rings is 1. The van der Waals surface area contributed by atoms with Gasteiger partial charge in [-0.2, -0.15) is 0 Å². The number of rotatable bonds is 3. The van der Waals surface area contributed by atoms with Gasteiger partial charge in [-0.3, -0.25) is 0 Å². The molecule has 2 aromatic heterocycles. The molecule has 0 radical (unpaired) electrons. The molecule has 0 spiro atoms. The number of aromatic nitrogens is 1. The minimum absolute atomic E-state index is 0.130. The number of nitrogens with zero attached hydrogens (tertiary/aromatic N) is 2. The molecule has 0 saturated carbocycles. The molecule has 0 atom stereocenters. The summed E-state index contributed by atoms with van der Waals surface area (Å²) in [5.41, 5.74) is 7.52. The highest BCUT2D eigenvalue weighted by molar-refractivity contribution is 9.10. The first-order valence-corrected chi connectivity index (χ1v) is 7.65. The van der Waals surface area contributed by atoms with Crippen LogP contribution < -0.4 is 5.73 Å². The number of halogens is 1. The summed E-state index contributed by atoms with van der Waals surface area (Å²) in [4.78, 5) is 1.26. The Morgan fingerprint density at radius 1 is 1.35 bits per heavy atom. The normalized spacial score (nSPS) is 12.2. The molecule has 0 aliphatic carbocycles. The summed E-state index contributed by atoms with van der Waals surface area (Å²) >= 11 is 5.27. The van der Waals surface area contributed by atoms with Crippen LogP contribution in [0.15, 0.2) is 51.5 Å². The Bertz CT molecular complexity index is 791. The fraction of sp³-hybridized carbons (Fsp3) is 0.0714. The largest absolute Gasteiger partial charge is 0.409 e. The number of hydrogen-bond acceptors (Lipinski definition) is 3. The maximum Gasteiger partial charge on any atom is 0.170 e. The van der Waals surface area contributed by atoms with Crippen LogP contribution in [0.1, 0.15) is 10.4 Å². The van der Waals surface area contributed by atoms with Gasteiger partial charge >= 0.3 is 0 Å². The van der Waals surface area contributed by atoms with E-state index in [0.29, 0.717) is 0 Å². The van der Waals surface area contributed by atoms with Gasteiger partial charge in [-0.25, -0.2) is 0 Å². The topological polar surface area (TPSA) is 63.5 Å². The van der Waals surface area contributed by atoms with Crippen molar-refractivity contribution in [2.45, 2.75) is 6.54 Å². The Labute approximate surface area is 128 Å². The second kappa shape index (κ2) is 5.30. The number of benzene rings is 1. The zero-order valence-corrected chi connectivity index (χ0v) is 12.9. The quantitative estimate of drug-likeness (QED) is 0.328. The summed E-state index contributed by atoms with van der Waals surface area (Å²) in [5, 5.41) is 15.0. The van der Waals surface area contributed by atoms with Gasteiger partial charge in [-0.05, 0) is 39.5 Å². The third kappa shape index (κ3) is 2.21. The number of amidine groups is 1. The Morgan fingerprint density at radius 2 is 2.20 bits per heavy atom. The fourth-order valence-corrected chi connectivity index (χ4v) is 3.71. The van der Waals surface area contributed by atoms with Gasteiger partial charge in [0.25, 0.3) is 0 Å². The third-order valence-electron chi connectivity index (χ3n) is 3.20. The molecule has 0 fully saturated rings. The van der Waals surface area contributed by atoms with Gasteiger partial charge in [0.15, 0.2) is 5.84 Å². The zero-order valence-electron chi connectivity index (χ0n) is 10.5. The zero-order chi connectivity index (χ0) is 14.1. The summed E-state index contributed by atoms with van der Waals surface area (Å²) < 4.78 is 3.28. The van der Waals surface area contributed by atoms with Crippen molar-refractivity contribution in [3.05, 3.63) is 56.8 Å². The molecule has 0 unspecified atom stereocenters. The molecule has 6 heteroatoms. The number of hydrogen-bond donors (Lipinski definition) is 2. The van der Waals surface area contributed by atoms with Crippen molar-refractivity contribution in [3.8, 4) is 0 Å². The molecular weight excluding hydrogens is 338 g/mol. The predicted octanol–water partition coefficient (Wildman–Crippen LogP) is 3.61. The first-order valence-electron chi connectivity index (χ1n) is 5.98. The molecule has 3 N–H and O–H groups in total. The van der Waals surface area contributed by atoms with Crippen molar-refractivity contribution in [1.82, 2.24) is 4.57 Å². The lowest BCUT2D eigenvalue weighted by Gasteiger charge is -2.06. The van der Waals surface area contributed by atoms with E-state index in [9.17, 15) is 0 Å². The monoisotopic (exact) mass is 349 g/mol. The van der Waals surface area contributed by atoms with Gasteiger partial charge in [0.1, 0.15) is 0 Å². The number of nitrogens with two attached hydrogens (primary N) is 1. The summed E-state index contributed by atoms with van der Waals surface area (Å²) in [6.07, 6.45) is 2.02. The van der Waals surface area contributed by atoms with Gasteiger partial charge < -0.3 is 15.5 Å². The van der Waals surface area contributed by atoms with E-state index >= 15 is 0 Å². The predicted molar refractivity (Wildman–Crippen MR) is 85.6 cm³/mol. The second-order valence-corrected chi connectivity index (χ2v) is 6.21. The molecule has 1 aromatic carbocycles. The van der Waals surface area contributed by atoms with Crippen LogP contribution in [0.25, 0.3) is 10.9 Å². The molecule has 0 bridgehead atoms. The highest BCUT2D eigenvalue weighted by Crippen LogP contribution is 2.26. The molecule has 2 heterocycles. The van der Waals surface area contributed by atoms with Crippen LogP contribution in [-0.4, -0.2) is 15.6 Å². The van der Waals surface area contributed by atoms with Crippen molar-refractivity contribution in [2.24, 2.45) is 10.9 Å². The summed E-state index contributed by atoms with van der Waals surface area (Å²) in [7, 11) is 0. The van der Waals surface area contributed by atoms with Crippen LogP contribution >= 0.6 is 27.3 Å². The van der Waals surface area contributed by atoms with Crippen LogP contribution in [0, 0.1) is 0 Å². The lowest BCUT2D eigenvalue weighted by atomic mass is 10.1. The molecule has 0 saturated heterocycles. The molecule has 3 aromatic rings. The lowest BCUT2D eigenvalue weighted by molar-refractivity contribution is 0.318. The van der Waals surface area contributed by atoms with Crippen molar-refractivity contribution >= 4 is 44.0 Å². The third-order valence-corrected chi connectivity index (χ3v) is 5.11. The Morgan fingerprint density at radius 3 is 2.90 bits per heavy atom. The van der Waals surface area contributed by atoms with Crippen molar-refractivity contribution in [2.75, 3.05) is 0 Å². The van der Waals surface area contributed by atoms with Gasteiger partial charge in [0.2, 0.25) is 0 Å². The van der Waals surface area contributed by atoms with Crippen LogP contribution in [0.2, 0.25) is 0 Å². The van der Waals surface area contributed by atoms with Gasteiger partial charge in [-0.15, -0.1) is 11.3 Å².